The molecule has 1 amide bonds. The van der Waals surface area contributed by atoms with Crippen molar-refractivity contribution in [3.63, 3.8) is 0 Å². The number of amides is 1. The molecule has 0 aliphatic rings. The maximum Gasteiger partial charge on any atom is 0.251 e. The number of carbonyl (C=O) groups is 1. The van der Waals surface area contributed by atoms with Crippen molar-refractivity contribution in [2.24, 2.45) is 0 Å². The Balaban J connectivity index is 1.76. The number of halogens is 1. The number of carbonyl (C=O) groups excluding carboxylic acids is 1. The second-order valence-electron chi connectivity index (χ2n) is 6.94. The van der Waals surface area contributed by atoms with Crippen LogP contribution < -0.4 is 19.5 Å². The molecule has 0 bridgehead atoms. The molecule has 1 atom stereocenters. The van der Waals surface area contributed by atoms with Crippen molar-refractivity contribution >= 4 is 17.5 Å². The minimum Gasteiger partial charge on any atom is -0.493 e. The van der Waals surface area contributed by atoms with Crippen molar-refractivity contribution in [2.75, 3.05) is 13.7 Å². The third-order valence-electron chi connectivity index (χ3n) is 4.79. The SMILES string of the molecule is CCOc1ccc(C(=O)N[C@H](C)c2ccc(Cl)cc2)cc1COc1ccccc1OC. The van der Waals surface area contributed by atoms with E-state index in [9.17, 15) is 4.79 Å². The minimum atomic E-state index is -0.177. The Hall–Kier alpha value is -3.18. The fourth-order valence-electron chi connectivity index (χ4n) is 3.14. The largest absolute Gasteiger partial charge is 0.493 e. The van der Waals surface area contributed by atoms with E-state index in [1.165, 1.54) is 0 Å². The van der Waals surface area contributed by atoms with Crippen LogP contribution in [-0.4, -0.2) is 19.6 Å². The van der Waals surface area contributed by atoms with Crippen LogP contribution >= 0.6 is 11.6 Å². The Morgan fingerprint density at radius 3 is 2.35 bits per heavy atom. The number of methoxy groups -OCH3 is 1. The maximum atomic E-state index is 12.9. The van der Waals surface area contributed by atoms with Gasteiger partial charge < -0.3 is 19.5 Å². The van der Waals surface area contributed by atoms with Gasteiger partial charge in [0.2, 0.25) is 0 Å². The highest BCUT2D eigenvalue weighted by Crippen LogP contribution is 2.29. The third kappa shape index (κ3) is 5.92. The van der Waals surface area contributed by atoms with Gasteiger partial charge in [0.15, 0.2) is 11.5 Å². The number of hydrogen-bond acceptors (Lipinski definition) is 4. The van der Waals surface area contributed by atoms with Crippen LogP contribution in [0.1, 0.15) is 41.4 Å². The van der Waals surface area contributed by atoms with Gasteiger partial charge in [-0.3, -0.25) is 4.79 Å². The highest BCUT2D eigenvalue weighted by Gasteiger charge is 2.15. The zero-order valence-electron chi connectivity index (χ0n) is 17.9. The van der Waals surface area contributed by atoms with Gasteiger partial charge in [0.25, 0.3) is 5.91 Å². The van der Waals surface area contributed by atoms with E-state index >= 15 is 0 Å². The number of hydrogen-bond donors (Lipinski definition) is 1. The quantitative estimate of drug-likeness (QED) is 0.456. The molecule has 0 heterocycles. The first kappa shape index (κ1) is 22.5. The molecule has 0 saturated heterocycles. The highest BCUT2D eigenvalue weighted by atomic mass is 35.5. The number of rotatable bonds is 9. The van der Waals surface area contributed by atoms with Gasteiger partial charge in [0.05, 0.1) is 19.8 Å². The molecule has 1 N–H and O–H groups in total. The van der Waals surface area contributed by atoms with Crippen LogP contribution in [0, 0.1) is 0 Å². The molecule has 0 aliphatic heterocycles. The van der Waals surface area contributed by atoms with Crippen LogP contribution in [0.15, 0.2) is 66.7 Å². The van der Waals surface area contributed by atoms with Crippen LogP contribution in [0.25, 0.3) is 0 Å². The lowest BCUT2D eigenvalue weighted by atomic mass is 10.1. The fraction of sp³-hybridized carbons (Fsp3) is 0.240. The molecule has 0 fully saturated rings. The zero-order valence-corrected chi connectivity index (χ0v) is 18.6. The highest BCUT2D eigenvalue weighted by molar-refractivity contribution is 6.30. The summed E-state index contributed by atoms with van der Waals surface area (Å²) in [4.78, 5) is 12.9. The standard InChI is InChI=1S/C25H26ClNO4/c1-4-30-22-14-11-19(25(28)27-17(2)18-9-12-21(26)13-10-18)15-20(22)16-31-24-8-6-5-7-23(24)29-3/h5-15,17H,4,16H2,1-3H3,(H,27,28)/t17-/m1/s1. The van der Waals surface area contributed by atoms with E-state index in [0.29, 0.717) is 34.4 Å². The summed E-state index contributed by atoms with van der Waals surface area (Å²) in [5.41, 5.74) is 2.28. The fourth-order valence-corrected chi connectivity index (χ4v) is 3.26. The Morgan fingerprint density at radius 2 is 1.68 bits per heavy atom. The van der Waals surface area contributed by atoms with Gasteiger partial charge >= 0.3 is 0 Å². The first-order valence-electron chi connectivity index (χ1n) is 10.1. The van der Waals surface area contributed by atoms with Crippen LogP contribution in [-0.2, 0) is 6.61 Å². The summed E-state index contributed by atoms with van der Waals surface area (Å²) in [6.07, 6.45) is 0. The average Bonchev–Trinajstić information content (AvgIpc) is 2.79. The molecule has 0 radical (unpaired) electrons. The second kappa shape index (κ2) is 10.7. The van der Waals surface area contributed by atoms with Crippen molar-refractivity contribution in [3.05, 3.63) is 88.4 Å². The molecule has 3 rings (SSSR count). The molecule has 5 nitrogen and oxygen atoms in total. The van der Waals surface area contributed by atoms with E-state index < -0.39 is 0 Å². The summed E-state index contributed by atoms with van der Waals surface area (Å²) in [5, 5.41) is 3.68. The molecular weight excluding hydrogens is 414 g/mol. The topological polar surface area (TPSA) is 56.8 Å². The molecule has 162 valence electrons. The molecule has 0 unspecified atom stereocenters. The molecule has 0 aliphatic carbocycles. The van der Waals surface area contributed by atoms with Gasteiger partial charge in [-0.15, -0.1) is 0 Å². The summed E-state index contributed by atoms with van der Waals surface area (Å²) in [6.45, 7) is 4.60. The summed E-state index contributed by atoms with van der Waals surface area (Å²) in [5.74, 6) is 1.77. The van der Waals surface area contributed by atoms with Gasteiger partial charge in [-0.2, -0.15) is 0 Å². The maximum absolute atomic E-state index is 12.9. The Labute approximate surface area is 187 Å². The van der Waals surface area contributed by atoms with Crippen molar-refractivity contribution in [3.8, 4) is 17.2 Å². The second-order valence-corrected chi connectivity index (χ2v) is 7.38. The van der Waals surface area contributed by atoms with E-state index in [1.807, 2.05) is 62.4 Å². The molecule has 3 aromatic carbocycles. The predicted octanol–water partition coefficient (Wildman–Crippen LogP) is 5.82. The van der Waals surface area contributed by atoms with E-state index in [1.54, 1.807) is 25.3 Å². The van der Waals surface area contributed by atoms with E-state index in [2.05, 4.69) is 5.32 Å². The summed E-state index contributed by atoms with van der Waals surface area (Å²) in [6, 6.07) is 20.0. The summed E-state index contributed by atoms with van der Waals surface area (Å²) < 4.78 is 17.0. The monoisotopic (exact) mass is 439 g/mol. The lowest BCUT2D eigenvalue weighted by molar-refractivity contribution is 0.0939. The first-order chi connectivity index (χ1) is 15.0. The summed E-state index contributed by atoms with van der Waals surface area (Å²) >= 11 is 5.95. The first-order valence-corrected chi connectivity index (χ1v) is 10.5. The van der Waals surface area contributed by atoms with E-state index in [0.717, 1.165) is 11.1 Å². The zero-order chi connectivity index (χ0) is 22.2. The van der Waals surface area contributed by atoms with Crippen LogP contribution in [0.4, 0.5) is 0 Å². The number of para-hydroxylation sites is 2. The normalized spacial score (nSPS) is 11.5. The Kier molecular flexibility index (Phi) is 7.79. The van der Waals surface area contributed by atoms with Crippen molar-refractivity contribution in [1.82, 2.24) is 5.32 Å². The van der Waals surface area contributed by atoms with Gasteiger partial charge in [-0.25, -0.2) is 0 Å². The lowest BCUT2D eigenvalue weighted by Gasteiger charge is -2.17. The molecule has 0 spiro atoms. The van der Waals surface area contributed by atoms with Crippen molar-refractivity contribution in [2.45, 2.75) is 26.5 Å². The smallest absolute Gasteiger partial charge is 0.251 e. The third-order valence-corrected chi connectivity index (χ3v) is 5.04. The molecule has 0 aromatic heterocycles. The van der Waals surface area contributed by atoms with Gasteiger partial charge in [0.1, 0.15) is 12.4 Å². The van der Waals surface area contributed by atoms with Gasteiger partial charge in [-0.05, 0) is 61.9 Å². The van der Waals surface area contributed by atoms with Gasteiger partial charge in [-0.1, -0.05) is 35.9 Å². The average molecular weight is 440 g/mol. The van der Waals surface area contributed by atoms with Gasteiger partial charge in [0, 0.05) is 16.1 Å². The molecule has 6 heteroatoms. The van der Waals surface area contributed by atoms with Crippen molar-refractivity contribution in [1.29, 1.82) is 0 Å². The lowest BCUT2D eigenvalue weighted by Crippen LogP contribution is -2.26. The predicted molar refractivity (Wildman–Crippen MR) is 122 cm³/mol. The van der Waals surface area contributed by atoms with E-state index in [-0.39, 0.29) is 18.6 Å². The molecule has 0 saturated carbocycles. The molecule has 3 aromatic rings. The summed E-state index contributed by atoms with van der Waals surface area (Å²) in [7, 11) is 1.60. The number of benzene rings is 3. The molecule has 31 heavy (non-hydrogen) atoms. The van der Waals surface area contributed by atoms with Crippen LogP contribution in [0.5, 0.6) is 17.2 Å². The Bertz CT molecular complexity index is 1020. The number of nitrogens with one attached hydrogen (secondary N) is 1. The van der Waals surface area contributed by atoms with E-state index in [4.69, 9.17) is 25.8 Å². The van der Waals surface area contributed by atoms with Crippen molar-refractivity contribution < 1.29 is 19.0 Å². The van der Waals surface area contributed by atoms with Crippen LogP contribution in [0.3, 0.4) is 0 Å². The number of ether oxygens (including phenoxy) is 3. The Morgan fingerprint density at radius 1 is 0.968 bits per heavy atom. The molecular formula is C25H26ClNO4. The minimum absolute atomic E-state index is 0.162. The van der Waals surface area contributed by atoms with Crippen LogP contribution in [0.2, 0.25) is 5.02 Å².